The number of aliphatic hydroxyl groups excluding tert-OH is 1. The van der Waals surface area contributed by atoms with Crippen LogP contribution in [0.2, 0.25) is 0 Å². The summed E-state index contributed by atoms with van der Waals surface area (Å²) in [5.41, 5.74) is 3.71. The number of rotatable bonds is 6. The van der Waals surface area contributed by atoms with Crippen molar-refractivity contribution in [3.05, 3.63) is 71.3 Å². The van der Waals surface area contributed by atoms with Crippen molar-refractivity contribution in [3.8, 4) is 11.6 Å². The Morgan fingerprint density at radius 2 is 1.81 bits per heavy atom. The first-order valence-corrected chi connectivity index (χ1v) is 12.8. The summed E-state index contributed by atoms with van der Waals surface area (Å²) in [7, 11) is 2.15. The van der Waals surface area contributed by atoms with E-state index >= 15 is 0 Å². The Morgan fingerprint density at radius 1 is 1.08 bits per heavy atom. The molecule has 190 valence electrons. The number of aromatic nitrogens is 2. The Hall–Kier alpha value is -3.36. The maximum Gasteiger partial charge on any atom is 0.320 e. The summed E-state index contributed by atoms with van der Waals surface area (Å²) in [6.45, 7) is 4.68. The largest absolute Gasteiger partial charge is 0.476 e. The minimum absolute atomic E-state index is 0.391. The highest BCUT2D eigenvalue weighted by Crippen LogP contribution is 2.32. The van der Waals surface area contributed by atoms with E-state index in [-0.39, 0.29) is 0 Å². The third-order valence-electron chi connectivity index (χ3n) is 7.38. The molecule has 36 heavy (non-hydrogen) atoms. The van der Waals surface area contributed by atoms with Crippen LogP contribution in [-0.2, 0) is 6.42 Å². The molecule has 2 amide bonds. The molecule has 1 aliphatic heterocycles. The maximum atomic E-state index is 13.2. The van der Waals surface area contributed by atoms with Gasteiger partial charge < -0.3 is 20.1 Å². The fourth-order valence-corrected chi connectivity index (χ4v) is 5.14. The fraction of sp³-hybridized carbons (Fsp3) is 0.429. The van der Waals surface area contributed by atoms with Crippen LogP contribution in [0.15, 0.2) is 54.6 Å². The SMILES string of the molecule is Cc1c(OCC2CCN(C)CC2)nn(-c2ccccc2)c1NC(=O)NC1c2ccccc2CC[C@H]1O. The van der Waals surface area contributed by atoms with Crippen LogP contribution >= 0.6 is 0 Å². The second kappa shape index (κ2) is 10.7. The van der Waals surface area contributed by atoms with Gasteiger partial charge in [-0.15, -0.1) is 5.10 Å². The van der Waals surface area contributed by atoms with E-state index in [4.69, 9.17) is 9.84 Å². The van der Waals surface area contributed by atoms with Crippen molar-refractivity contribution in [3.63, 3.8) is 0 Å². The van der Waals surface area contributed by atoms with Crippen LogP contribution in [0.25, 0.3) is 5.69 Å². The monoisotopic (exact) mass is 489 g/mol. The molecule has 1 saturated heterocycles. The molecule has 1 aromatic heterocycles. The second-order valence-corrected chi connectivity index (χ2v) is 9.96. The molecule has 1 aliphatic carbocycles. The van der Waals surface area contributed by atoms with Gasteiger partial charge in [0.05, 0.1) is 30.0 Å². The number of hydrogen-bond acceptors (Lipinski definition) is 5. The van der Waals surface area contributed by atoms with Crippen molar-refractivity contribution in [1.29, 1.82) is 0 Å². The molecule has 3 N–H and O–H groups in total. The quantitative estimate of drug-likeness (QED) is 0.486. The van der Waals surface area contributed by atoms with E-state index in [1.165, 1.54) is 0 Å². The minimum Gasteiger partial charge on any atom is -0.476 e. The van der Waals surface area contributed by atoms with Crippen LogP contribution in [-0.4, -0.2) is 58.7 Å². The van der Waals surface area contributed by atoms with Gasteiger partial charge in [-0.25, -0.2) is 9.48 Å². The van der Waals surface area contributed by atoms with Crippen LogP contribution < -0.4 is 15.4 Å². The van der Waals surface area contributed by atoms with Crippen molar-refractivity contribution in [2.75, 3.05) is 32.1 Å². The lowest BCUT2D eigenvalue weighted by Gasteiger charge is -2.31. The lowest BCUT2D eigenvalue weighted by molar-refractivity contribution is 0.114. The van der Waals surface area contributed by atoms with Crippen LogP contribution in [0.4, 0.5) is 10.6 Å². The predicted molar refractivity (Wildman–Crippen MR) is 140 cm³/mol. The first kappa shape index (κ1) is 24.3. The molecule has 2 atom stereocenters. The van der Waals surface area contributed by atoms with E-state index in [1.807, 2.05) is 55.5 Å². The number of piperidine rings is 1. The number of anilines is 1. The van der Waals surface area contributed by atoms with E-state index in [2.05, 4.69) is 28.6 Å². The molecule has 2 heterocycles. The molecule has 3 aromatic rings. The number of benzene rings is 2. The first-order valence-electron chi connectivity index (χ1n) is 12.8. The van der Waals surface area contributed by atoms with Crippen molar-refractivity contribution >= 4 is 11.8 Å². The molecule has 5 rings (SSSR count). The third-order valence-corrected chi connectivity index (χ3v) is 7.38. The number of urea groups is 1. The molecule has 0 spiro atoms. The lowest BCUT2D eigenvalue weighted by Crippen LogP contribution is -2.41. The molecular weight excluding hydrogens is 454 g/mol. The van der Waals surface area contributed by atoms with Gasteiger partial charge in [-0.1, -0.05) is 42.5 Å². The van der Waals surface area contributed by atoms with Gasteiger partial charge >= 0.3 is 6.03 Å². The Kier molecular flexibility index (Phi) is 7.25. The highest BCUT2D eigenvalue weighted by atomic mass is 16.5. The summed E-state index contributed by atoms with van der Waals surface area (Å²) in [5.74, 6) is 1.57. The summed E-state index contributed by atoms with van der Waals surface area (Å²) in [5, 5.41) is 21.4. The van der Waals surface area contributed by atoms with Gasteiger partial charge in [-0.2, -0.15) is 0 Å². The molecule has 2 aromatic carbocycles. The number of likely N-dealkylation sites (tertiary alicyclic amines) is 1. The second-order valence-electron chi connectivity index (χ2n) is 9.96. The zero-order valence-electron chi connectivity index (χ0n) is 21.0. The summed E-state index contributed by atoms with van der Waals surface area (Å²) in [6, 6.07) is 16.8. The van der Waals surface area contributed by atoms with Crippen molar-refractivity contribution in [2.24, 2.45) is 5.92 Å². The van der Waals surface area contributed by atoms with E-state index < -0.39 is 18.2 Å². The molecule has 1 fully saturated rings. The van der Waals surface area contributed by atoms with Gasteiger partial charge in [0.1, 0.15) is 5.82 Å². The highest BCUT2D eigenvalue weighted by Gasteiger charge is 2.30. The Bertz CT molecular complexity index is 1190. The topological polar surface area (TPSA) is 91.7 Å². The number of aryl methyl sites for hydroxylation is 1. The summed E-state index contributed by atoms with van der Waals surface area (Å²) >= 11 is 0. The number of aliphatic hydroxyl groups is 1. The number of carbonyl (C=O) groups excluding carboxylic acids is 1. The summed E-state index contributed by atoms with van der Waals surface area (Å²) in [6.07, 6.45) is 2.98. The Morgan fingerprint density at radius 3 is 2.58 bits per heavy atom. The smallest absolute Gasteiger partial charge is 0.320 e. The third kappa shape index (κ3) is 5.24. The number of carbonyl (C=O) groups is 1. The molecular formula is C28H35N5O3. The van der Waals surface area contributed by atoms with E-state index in [0.29, 0.717) is 30.6 Å². The number of fused-ring (bicyclic) bond motifs is 1. The molecule has 8 nitrogen and oxygen atoms in total. The fourth-order valence-electron chi connectivity index (χ4n) is 5.14. The summed E-state index contributed by atoms with van der Waals surface area (Å²) in [4.78, 5) is 15.5. The van der Waals surface area contributed by atoms with E-state index in [9.17, 15) is 9.90 Å². The number of nitrogens with one attached hydrogen (secondary N) is 2. The normalized spacial score (nSPS) is 20.5. The van der Waals surface area contributed by atoms with Crippen molar-refractivity contribution in [1.82, 2.24) is 20.0 Å². The number of para-hydroxylation sites is 1. The van der Waals surface area contributed by atoms with Gasteiger partial charge in [0.15, 0.2) is 0 Å². The average Bonchev–Trinajstić information content (AvgIpc) is 3.20. The molecule has 1 unspecified atom stereocenters. The Balaban J connectivity index is 1.35. The van der Waals surface area contributed by atoms with Crippen molar-refractivity contribution in [2.45, 2.75) is 44.8 Å². The highest BCUT2D eigenvalue weighted by molar-refractivity contribution is 5.90. The average molecular weight is 490 g/mol. The molecule has 0 radical (unpaired) electrons. The predicted octanol–water partition coefficient (Wildman–Crippen LogP) is 4.07. The van der Waals surface area contributed by atoms with Crippen LogP contribution in [0.1, 0.15) is 42.0 Å². The van der Waals surface area contributed by atoms with Crippen LogP contribution in [0, 0.1) is 12.8 Å². The summed E-state index contributed by atoms with van der Waals surface area (Å²) < 4.78 is 7.90. The number of ether oxygens (including phenoxy) is 1. The number of hydrogen-bond donors (Lipinski definition) is 3. The zero-order chi connectivity index (χ0) is 25.1. The first-order chi connectivity index (χ1) is 17.5. The van der Waals surface area contributed by atoms with Gasteiger partial charge in [0.2, 0.25) is 5.88 Å². The zero-order valence-corrected chi connectivity index (χ0v) is 21.0. The van der Waals surface area contributed by atoms with Gasteiger partial charge in [0.25, 0.3) is 0 Å². The molecule has 8 heteroatoms. The van der Waals surface area contributed by atoms with Gasteiger partial charge in [-0.3, -0.25) is 5.32 Å². The van der Waals surface area contributed by atoms with Crippen LogP contribution in [0.5, 0.6) is 5.88 Å². The maximum absolute atomic E-state index is 13.2. The number of nitrogens with zero attached hydrogens (tertiary/aromatic N) is 3. The van der Waals surface area contributed by atoms with Crippen LogP contribution in [0.3, 0.4) is 0 Å². The standard InChI is InChI=1S/C28H35N5O3/c1-19-26(30-28(35)29-25-23-11-7-6-8-21(23)12-13-24(25)34)33(22-9-4-3-5-10-22)31-27(19)36-18-20-14-16-32(2)17-15-20/h3-11,20,24-25,34H,12-18H2,1-2H3,(H2,29,30,35)/t24-,25?/m1/s1. The molecule has 0 bridgehead atoms. The molecule has 2 aliphatic rings. The Labute approximate surface area is 212 Å². The van der Waals surface area contributed by atoms with E-state index in [1.54, 1.807) is 4.68 Å². The van der Waals surface area contributed by atoms with Gasteiger partial charge in [-0.05, 0) is 81.9 Å². The van der Waals surface area contributed by atoms with E-state index in [0.717, 1.165) is 54.7 Å². The lowest BCUT2D eigenvalue weighted by atomic mass is 9.86. The molecule has 0 saturated carbocycles. The minimum atomic E-state index is -0.640. The van der Waals surface area contributed by atoms with Gasteiger partial charge in [0, 0.05) is 0 Å². The number of amides is 2. The van der Waals surface area contributed by atoms with Crippen molar-refractivity contribution < 1.29 is 14.6 Å².